The van der Waals surface area contributed by atoms with Crippen molar-refractivity contribution in [3.05, 3.63) is 20.3 Å². The molecule has 0 aliphatic heterocycles. The predicted octanol–water partition coefficient (Wildman–Crippen LogP) is 2.52. The molecular weight excluding hydrogens is 322 g/mol. The van der Waals surface area contributed by atoms with Gasteiger partial charge in [0.2, 0.25) is 0 Å². The van der Waals surface area contributed by atoms with Crippen LogP contribution in [0.2, 0.25) is 0 Å². The van der Waals surface area contributed by atoms with Gasteiger partial charge in [-0.25, -0.2) is 8.42 Å². The number of hydrogen-bond acceptors (Lipinski definition) is 4. The van der Waals surface area contributed by atoms with Gasteiger partial charge in [0.15, 0.2) is 0 Å². The number of fused-ring (bicyclic) bond motifs is 1. The highest BCUT2D eigenvalue weighted by Gasteiger charge is 2.22. The van der Waals surface area contributed by atoms with E-state index in [4.69, 9.17) is 0 Å². The van der Waals surface area contributed by atoms with Gasteiger partial charge in [0.1, 0.15) is 9.84 Å². The van der Waals surface area contributed by atoms with Crippen LogP contribution in [0.5, 0.6) is 0 Å². The smallest absolute Gasteiger partial charge is 0.148 e. The maximum atomic E-state index is 11.1. The van der Waals surface area contributed by atoms with Crippen LogP contribution in [0.4, 0.5) is 0 Å². The van der Waals surface area contributed by atoms with Crippen LogP contribution < -0.4 is 5.32 Å². The Kier molecular flexibility index (Phi) is 4.28. The minimum Gasteiger partial charge on any atom is -0.309 e. The van der Waals surface area contributed by atoms with Crippen molar-refractivity contribution in [1.29, 1.82) is 0 Å². The normalized spacial score (nSPS) is 20.2. The minimum absolute atomic E-state index is 0.212. The van der Waals surface area contributed by atoms with E-state index in [1.165, 1.54) is 26.9 Å². The Morgan fingerprint density at radius 2 is 2.35 bits per heavy atom. The lowest BCUT2D eigenvalue weighted by Crippen LogP contribution is -2.28. The summed E-state index contributed by atoms with van der Waals surface area (Å²) in [5.74, 6) is 0.212. The molecule has 6 heteroatoms. The monoisotopic (exact) mass is 337 g/mol. The van der Waals surface area contributed by atoms with Crippen molar-refractivity contribution in [3.8, 4) is 0 Å². The third kappa shape index (κ3) is 3.77. The van der Waals surface area contributed by atoms with Crippen LogP contribution in [0, 0.1) is 0 Å². The summed E-state index contributed by atoms with van der Waals surface area (Å²) in [7, 11) is -2.87. The molecule has 96 valence electrons. The minimum atomic E-state index is -2.87. The lowest BCUT2D eigenvalue weighted by molar-refractivity contribution is 0.475. The van der Waals surface area contributed by atoms with Crippen LogP contribution >= 0.6 is 27.3 Å². The molecule has 2 rings (SSSR count). The van der Waals surface area contributed by atoms with Gasteiger partial charge in [0.25, 0.3) is 0 Å². The summed E-state index contributed by atoms with van der Waals surface area (Å²) >= 11 is 5.31. The Balaban J connectivity index is 1.99. The second kappa shape index (κ2) is 5.38. The van der Waals surface area contributed by atoms with Crippen LogP contribution in [0.15, 0.2) is 9.85 Å². The Morgan fingerprint density at radius 1 is 1.59 bits per heavy atom. The van der Waals surface area contributed by atoms with Gasteiger partial charge in [-0.2, -0.15) is 0 Å². The quantitative estimate of drug-likeness (QED) is 0.918. The van der Waals surface area contributed by atoms with Crippen molar-refractivity contribution in [3.63, 3.8) is 0 Å². The van der Waals surface area contributed by atoms with E-state index >= 15 is 0 Å². The average Bonchev–Trinajstić information content (AvgIpc) is 2.57. The number of nitrogens with one attached hydrogen (secondary N) is 1. The molecule has 0 amide bonds. The Bertz CT molecular complexity index is 496. The van der Waals surface area contributed by atoms with Gasteiger partial charge in [0.05, 0.1) is 9.54 Å². The Morgan fingerprint density at radius 3 is 3.06 bits per heavy atom. The first-order chi connectivity index (χ1) is 7.96. The molecule has 0 fully saturated rings. The first-order valence-corrected chi connectivity index (χ1v) is 9.32. The van der Waals surface area contributed by atoms with Crippen LogP contribution in [0.3, 0.4) is 0 Å². The zero-order chi connectivity index (χ0) is 12.5. The molecule has 1 aliphatic rings. The number of sulfone groups is 1. The zero-order valence-electron chi connectivity index (χ0n) is 9.70. The van der Waals surface area contributed by atoms with Crippen LogP contribution in [-0.4, -0.2) is 27.0 Å². The van der Waals surface area contributed by atoms with E-state index in [0.29, 0.717) is 12.6 Å². The standard InChI is InChI=1S/C11H16BrNO2S2/c1-17(14,15)6-5-13-9-3-2-4-10-8(9)7-11(12)16-10/h7,9,13H,2-6H2,1H3. The maximum absolute atomic E-state index is 11.1. The van der Waals surface area contributed by atoms with Gasteiger partial charge >= 0.3 is 0 Å². The van der Waals surface area contributed by atoms with E-state index in [-0.39, 0.29) is 5.75 Å². The van der Waals surface area contributed by atoms with Crippen LogP contribution in [-0.2, 0) is 16.3 Å². The molecule has 1 N–H and O–H groups in total. The third-order valence-electron chi connectivity index (χ3n) is 2.95. The van der Waals surface area contributed by atoms with E-state index in [1.54, 1.807) is 11.3 Å². The average molecular weight is 338 g/mol. The molecular formula is C11H16BrNO2S2. The van der Waals surface area contributed by atoms with E-state index in [1.807, 2.05) is 0 Å². The predicted molar refractivity (Wildman–Crippen MR) is 75.4 cm³/mol. The van der Waals surface area contributed by atoms with E-state index in [0.717, 1.165) is 12.8 Å². The van der Waals surface area contributed by atoms with Gasteiger partial charge in [-0.15, -0.1) is 11.3 Å². The van der Waals surface area contributed by atoms with Crippen LogP contribution in [0.1, 0.15) is 29.3 Å². The SMILES string of the molecule is CS(=O)(=O)CCNC1CCCc2sc(Br)cc21. The topological polar surface area (TPSA) is 46.2 Å². The first kappa shape index (κ1) is 13.5. The Labute approximate surface area is 115 Å². The molecule has 1 atom stereocenters. The van der Waals surface area contributed by atoms with Gasteiger partial charge in [-0.3, -0.25) is 0 Å². The number of aryl methyl sites for hydroxylation is 1. The number of hydrogen-bond donors (Lipinski definition) is 1. The zero-order valence-corrected chi connectivity index (χ0v) is 12.9. The fraction of sp³-hybridized carbons (Fsp3) is 0.636. The molecule has 0 radical (unpaired) electrons. The van der Waals surface area contributed by atoms with Gasteiger partial charge in [-0.05, 0) is 46.8 Å². The molecule has 0 saturated heterocycles. The summed E-state index contributed by atoms with van der Waals surface area (Å²) in [6.45, 7) is 0.538. The van der Waals surface area contributed by atoms with Crippen molar-refractivity contribution in [2.75, 3.05) is 18.6 Å². The molecule has 17 heavy (non-hydrogen) atoms. The fourth-order valence-electron chi connectivity index (χ4n) is 2.15. The molecule has 1 aliphatic carbocycles. The lowest BCUT2D eigenvalue weighted by Gasteiger charge is -2.23. The van der Waals surface area contributed by atoms with Crippen molar-refractivity contribution in [1.82, 2.24) is 5.32 Å². The van der Waals surface area contributed by atoms with Gasteiger partial charge in [0, 0.05) is 23.7 Å². The molecule has 1 heterocycles. The molecule has 0 aromatic carbocycles. The van der Waals surface area contributed by atoms with Crippen LogP contribution in [0.25, 0.3) is 0 Å². The summed E-state index contributed by atoms with van der Waals surface area (Å²) < 4.78 is 23.3. The molecule has 1 aromatic heterocycles. The highest BCUT2D eigenvalue weighted by Crippen LogP contribution is 2.37. The van der Waals surface area contributed by atoms with E-state index < -0.39 is 9.84 Å². The summed E-state index contributed by atoms with van der Waals surface area (Å²) in [5.41, 5.74) is 1.35. The summed E-state index contributed by atoms with van der Waals surface area (Å²) in [4.78, 5) is 1.43. The number of thiophene rings is 1. The molecule has 0 bridgehead atoms. The van der Waals surface area contributed by atoms with E-state index in [2.05, 4.69) is 27.3 Å². The fourth-order valence-corrected chi connectivity index (χ4v) is 4.46. The third-order valence-corrected chi connectivity index (χ3v) is 5.61. The Hall–Kier alpha value is 0.0900. The summed E-state index contributed by atoms with van der Waals surface area (Å²) in [5, 5.41) is 3.35. The van der Waals surface area contributed by atoms with Crippen molar-refractivity contribution in [2.45, 2.75) is 25.3 Å². The second-order valence-electron chi connectivity index (χ2n) is 4.46. The largest absolute Gasteiger partial charge is 0.309 e. The molecule has 1 unspecified atom stereocenters. The molecule has 3 nitrogen and oxygen atoms in total. The second-order valence-corrected chi connectivity index (χ2v) is 9.23. The highest BCUT2D eigenvalue weighted by atomic mass is 79.9. The van der Waals surface area contributed by atoms with Crippen molar-refractivity contribution < 1.29 is 8.42 Å². The van der Waals surface area contributed by atoms with Gasteiger partial charge in [-0.1, -0.05) is 0 Å². The summed E-state index contributed by atoms with van der Waals surface area (Å²) in [6, 6.07) is 2.49. The first-order valence-electron chi connectivity index (χ1n) is 5.65. The molecule has 1 aromatic rings. The number of rotatable bonds is 4. The summed E-state index contributed by atoms with van der Waals surface area (Å²) in [6.07, 6.45) is 4.70. The van der Waals surface area contributed by atoms with Crippen molar-refractivity contribution in [2.24, 2.45) is 0 Å². The van der Waals surface area contributed by atoms with E-state index in [9.17, 15) is 8.42 Å². The maximum Gasteiger partial charge on any atom is 0.148 e. The molecule has 0 saturated carbocycles. The molecule has 0 spiro atoms. The van der Waals surface area contributed by atoms with Gasteiger partial charge < -0.3 is 5.32 Å². The number of halogens is 1. The van der Waals surface area contributed by atoms with Crippen molar-refractivity contribution >= 4 is 37.1 Å². The highest BCUT2D eigenvalue weighted by molar-refractivity contribution is 9.11. The lowest BCUT2D eigenvalue weighted by atomic mass is 9.94.